The van der Waals surface area contributed by atoms with Crippen LogP contribution in [0.4, 0.5) is 5.88 Å². The van der Waals surface area contributed by atoms with Crippen molar-refractivity contribution in [3.05, 3.63) is 24.0 Å². The lowest BCUT2D eigenvalue weighted by molar-refractivity contribution is -0.131. The molecule has 4 nitrogen and oxygen atoms in total. The van der Waals surface area contributed by atoms with Crippen LogP contribution in [0.3, 0.4) is 0 Å². The zero-order valence-corrected chi connectivity index (χ0v) is 12.9. The maximum atomic E-state index is 10.6. The minimum Gasteiger partial charge on any atom is -0.478 e. The molecule has 1 N–H and O–H groups in total. The van der Waals surface area contributed by atoms with Crippen LogP contribution in [0.1, 0.15) is 45.8 Å². The number of anilines is 1. The number of carboxylic acid groups (broad SMARTS) is 1. The van der Waals surface area contributed by atoms with E-state index < -0.39 is 5.97 Å². The molecule has 1 saturated heterocycles. The number of hydrogen-bond acceptors (Lipinski definition) is 3. The Labute approximate surface area is 125 Å². The third-order valence-electron chi connectivity index (χ3n) is 4.70. The topological polar surface area (TPSA) is 53.7 Å². The second kappa shape index (κ2) is 4.65. The summed E-state index contributed by atoms with van der Waals surface area (Å²) in [7, 11) is 0. The molecular formula is C17H23NO3. The smallest absolute Gasteiger partial charge is 0.328 e. The normalized spacial score (nSPS) is 31.0. The predicted molar refractivity (Wildman–Crippen MR) is 82.3 cm³/mol. The van der Waals surface area contributed by atoms with E-state index in [1.54, 1.807) is 0 Å². The summed E-state index contributed by atoms with van der Waals surface area (Å²) in [6, 6.07) is 4.32. The Hall–Kier alpha value is -1.71. The van der Waals surface area contributed by atoms with Gasteiger partial charge in [0.2, 0.25) is 0 Å². The molecule has 2 fully saturated rings. The second-order valence-corrected chi connectivity index (χ2v) is 7.69. The van der Waals surface area contributed by atoms with Crippen molar-refractivity contribution in [2.75, 3.05) is 11.4 Å². The highest BCUT2D eigenvalue weighted by Crippen LogP contribution is 2.53. The highest BCUT2D eigenvalue weighted by atomic mass is 16.4. The Bertz CT molecular complexity index is 587. The molecule has 0 aromatic carbocycles. The Morgan fingerprint density at radius 3 is 2.86 bits per heavy atom. The largest absolute Gasteiger partial charge is 0.478 e. The molecule has 114 valence electrons. The average molecular weight is 289 g/mol. The molecule has 1 aromatic rings. The van der Waals surface area contributed by atoms with Crippen molar-refractivity contribution in [3.8, 4) is 0 Å². The van der Waals surface area contributed by atoms with Crippen LogP contribution >= 0.6 is 0 Å². The first-order chi connectivity index (χ1) is 9.76. The van der Waals surface area contributed by atoms with Crippen LogP contribution in [0.25, 0.3) is 6.08 Å². The highest BCUT2D eigenvalue weighted by Gasteiger charge is 2.50. The summed E-state index contributed by atoms with van der Waals surface area (Å²) >= 11 is 0. The molecule has 1 aliphatic carbocycles. The van der Waals surface area contributed by atoms with Gasteiger partial charge in [-0.05, 0) is 42.2 Å². The van der Waals surface area contributed by atoms with Crippen molar-refractivity contribution in [1.29, 1.82) is 0 Å². The standard InChI is InChI=1S/C17H23NO3/c1-16(2)8-12-9-17(3,10-16)11-18(12)14-6-4-13(21-14)5-7-15(19)20/h4-7,12H,8-11H2,1-3H3,(H,19,20)/b7-5+. The quantitative estimate of drug-likeness (QED) is 0.860. The van der Waals surface area contributed by atoms with Gasteiger partial charge in [0.15, 0.2) is 5.88 Å². The number of furan rings is 1. The van der Waals surface area contributed by atoms with E-state index in [-0.39, 0.29) is 0 Å². The lowest BCUT2D eigenvalue weighted by Gasteiger charge is -2.39. The summed E-state index contributed by atoms with van der Waals surface area (Å²) in [6.45, 7) is 8.10. The Morgan fingerprint density at radius 1 is 1.38 bits per heavy atom. The van der Waals surface area contributed by atoms with E-state index in [9.17, 15) is 4.79 Å². The summed E-state index contributed by atoms with van der Waals surface area (Å²) in [5.74, 6) is 0.504. The Balaban J connectivity index is 1.81. The van der Waals surface area contributed by atoms with E-state index in [1.165, 1.54) is 25.3 Å². The van der Waals surface area contributed by atoms with Gasteiger partial charge < -0.3 is 14.4 Å². The van der Waals surface area contributed by atoms with Crippen molar-refractivity contribution in [1.82, 2.24) is 0 Å². The number of aliphatic carboxylic acids is 1. The molecule has 2 unspecified atom stereocenters. The van der Waals surface area contributed by atoms with Crippen LogP contribution in [-0.2, 0) is 4.79 Å². The number of nitrogens with zero attached hydrogens (tertiary/aromatic N) is 1. The van der Waals surface area contributed by atoms with Crippen molar-refractivity contribution >= 4 is 17.9 Å². The molecule has 3 rings (SSSR count). The molecule has 1 saturated carbocycles. The van der Waals surface area contributed by atoms with Crippen LogP contribution in [0.5, 0.6) is 0 Å². The van der Waals surface area contributed by atoms with Gasteiger partial charge >= 0.3 is 5.97 Å². The van der Waals surface area contributed by atoms with E-state index in [4.69, 9.17) is 9.52 Å². The molecule has 1 aliphatic heterocycles. The fourth-order valence-electron chi connectivity index (χ4n) is 4.46. The summed E-state index contributed by atoms with van der Waals surface area (Å²) in [4.78, 5) is 12.9. The van der Waals surface area contributed by atoms with Gasteiger partial charge in [0.25, 0.3) is 0 Å². The molecule has 0 spiro atoms. The first-order valence-electron chi connectivity index (χ1n) is 7.54. The molecule has 0 amide bonds. The van der Waals surface area contributed by atoms with E-state index in [1.807, 2.05) is 12.1 Å². The van der Waals surface area contributed by atoms with Crippen LogP contribution in [0, 0.1) is 10.8 Å². The first-order valence-corrected chi connectivity index (χ1v) is 7.54. The molecule has 4 heteroatoms. The third kappa shape index (κ3) is 2.85. The van der Waals surface area contributed by atoms with E-state index in [0.717, 1.165) is 18.5 Å². The summed E-state index contributed by atoms with van der Waals surface area (Å²) < 4.78 is 5.82. The van der Waals surface area contributed by atoms with Crippen LogP contribution in [0.15, 0.2) is 22.6 Å². The zero-order chi connectivity index (χ0) is 15.3. The van der Waals surface area contributed by atoms with Crippen molar-refractivity contribution < 1.29 is 14.3 Å². The van der Waals surface area contributed by atoms with E-state index in [0.29, 0.717) is 22.6 Å². The number of carbonyl (C=O) groups is 1. The summed E-state index contributed by atoms with van der Waals surface area (Å²) in [5, 5.41) is 8.67. The monoisotopic (exact) mass is 289 g/mol. The number of fused-ring (bicyclic) bond motifs is 2. The van der Waals surface area contributed by atoms with Crippen molar-refractivity contribution in [3.63, 3.8) is 0 Å². The van der Waals surface area contributed by atoms with Crippen LogP contribution < -0.4 is 4.90 Å². The van der Waals surface area contributed by atoms with Gasteiger partial charge in [-0.25, -0.2) is 4.79 Å². The molecular weight excluding hydrogens is 266 g/mol. The van der Waals surface area contributed by atoms with Gasteiger partial charge in [-0.3, -0.25) is 0 Å². The van der Waals surface area contributed by atoms with Gasteiger partial charge in [0.05, 0.1) is 0 Å². The van der Waals surface area contributed by atoms with Gasteiger partial charge in [-0.1, -0.05) is 20.8 Å². The molecule has 2 heterocycles. The minimum atomic E-state index is -0.959. The van der Waals surface area contributed by atoms with Gasteiger partial charge in [0, 0.05) is 24.7 Å². The Kier molecular flexibility index (Phi) is 3.15. The summed E-state index contributed by atoms with van der Waals surface area (Å²) in [5.41, 5.74) is 0.737. The van der Waals surface area contributed by atoms with Crippen molar-refractivity contribution in [2.45, 2.75) is 46.1 Å². The molecule has 2 aliphatic rings. The number of hydrogen-bond donors (Lipinski definition) is 1. The van der Waals surface area contributed by atoms with E-state index in [2.05, 4.69) is 25.7 Å². The molecule has 2 bridgehead atoms. The fraction of sp³-hybridized carbons (Fsp3) is 0.588. The molecule has 2 atom stereocenters. The maximum Gasteiger partial charge on any atom is 0.328 e. The molecule has 21 heavy (non-hydrogen) atoms. The second-order valence-electron chi connectivity index (χ2n) is 7.69. The van der Waals surface area contributed by atoms with Gasteiger partial charge in [-0.2, -0.15) is 0 Å². The van der Waals surface area contributed by atoms with Crippen molar-refractivity contribution in [2.24, 2.45) is 10.8 Å². The lowest BCUT2D eigenvalue weighted by Crippen LogP contribution is -2.34. The highest BCUT2D eigenvalue weighted by molar-refractivity contribution is 5.84. The van der Waals surface area contributed by atoms with Crippen LogP contribution in [0.2, 0.25) is 0 Å². The molecule has 1 aromatic heterocycles. The van der Waals surface area contributed by atoms with Crippen LogP contribution in [-0.4, -0.2) is 23.7 Å². The van der Waals surface area contributed by atoms with Gasteiger partial charge in [0.1, 0.15) is 5.76 Å². The first kappa shape index (κ1) is 14.2. The minimum absolute atomic E-state index is 0.357. The summed E-state index contributed by atoms with van der Waals surface area (Å²) in [6.07, 6.45) is 6.26. The third-order valence-corrected chi connectivity index (χ3v) is 4.70. The molecule has 0 radical (unpaired) electrons. The lowest BCUT2D eigenvalue weighted by atomic mass is 9.65. The van der Waals surface area contributed by atoms with Gasteiger partial charge in [-0.15, -0.1) is 0 Å². The average Bonchev–Trinajstić information content (AvgIpc) is 2.87. The predicted octanol–water partition coefficient (Wildman–Crippen LogP) is 3.78. The number of rotatable bonds is 3. The maximum absolute atomic E-state index is 10.6. The SMILES string of the molecule is CC1(C)CC2CC(C)(CN2c2ccc(/C=C/C(=O)O)o2)C1. The number of carboxylic acids is 1. The van der Waals surface area contributed by atoms with E-state index >= 15 is 0 Å². The zero-order valence-electron chi connectivity index (χ0n) is 12.9. The Morgan fingerprint density at radius 2 is 2.14 bits per heavy atom. The fourth-order valence-corrected chi connectivity index (χ4v) is 4.46.